The molecule has 0 saturated carbocycles. The number of hydrogen-bond acceptors (Lipinski definition) is 3. The molecule has 0 radical (unpaired) electrons. The SMILES string of the molecule is CNCc1ncc(-c2ccc(OC)c(Cl)c2)[nH]1. The molecule has 0 saturated heterocycles. The van der Waals surface area contributed by atoms with Crippen LogP contribution in [0.1, 0.15) is 5.82 Å². The highest BCUT2D eigenvalue weighted by Gasteiger charge is 2.06. The van der Waals surface area contributed by atoms with Crippen LogP contribution < -0.4 is 10.1 Å². The Balaban J connectivity index is 2.29. The maximum absolute atomic E-state index is 6.08. The Hall–Kier alpha value is -1.52. The van der Waals surface area contributed by atoms with Crippen LogP contribution in [0.4, 0.5) is 0 Å². The normalized spacial score (nSPS) is 10.5. The molecule has 2 rings (SSSR count). The van der Waals surface area contributed by atoms with Crippen LogP contribution in [0, 0.1) is 0 Å². The second-order valence-electron chi connectivity index (χ2n) is 3.62. The van der Waals surface area contributed by atoms with E-state index in [1.165, 1.54) is 0 Å². The zero-order valence-corrected chi connectivity index (χ0v) is 10.5. The van der Waals surface area contributed by atoms with Gasteiger partial charge in [0.25, 0.3) is 0 Å². The van der Waals surface area contributed by atoms with Gasteiger partial charge in [0.2, 0.25) is 0 Å². The molecular formula is C12H14ClN3O. The summed E-state index contributed by atoms with van der Waals surface area (Å²) < 4.78 is 5.11. The quantitative estimate of drug-likeness (QED) is 0.878. The lowest BCUT2D eigenvalue weighted by molar-refractivity contribution is 0.415. The molecule has 0 bridgehead atoms. The van der Waals surface area contributed by atoms with E-state index in [1.54, 1.807) is 13.3 Å². The van der Waals surface area contributed by atoms with Gasteiger partial charge in [0, 0.05) is 5.56 Å². The first-order chi connectivity index (χ1) is 8.24. The highest BCUT2D eigenvalue weighted by molar-refractivity contribution is 6.32. The molecule has 90 valence electrons. The third kappa shape index (κ3) is 2.60. The van der Waals surface area contributed by atoms with Crippen molar-refractivity contribution in [2.45, 2.75) is 6.54 Å². The third-order valence-electron chi connectivity index (χ3n) is 2.44. The summed E-state index contributed by atoms with van der Waals surface area (Å²) in [5.41, 5.74) is 1.94. The van der Waals surface area contributed by atoms with E-state index in [2.05, 4.69) is 15.3 Å². The molecular weight excluding hydrogens is 238 g/mol. The average Bonchev–Trinajstić information content (AvgIpc) is 2.78. The largest absolute Gasteiger partial charge is 0.495 e. The Bertz CT molecular complexity index is 510. The van der Waals surface area contributed by atoms with E-state index in [1.807, 2.05) is 25.2 Å². The van der Waals surface area contributed by atoms with Crippen LogP contribution in [0.2, 0.25) is 5.02 Å². The van der Waals surface area contributed by atoms with Crippen LogP contribution in [0.3, 0.4) is 0 Å². The van der Waals surface area contributed by atoms with Gasteiger partial charge in [0.15, 0.2) is 0 Å². The van der Waals surface area contributed by atoms with Gasteiger partial charge in [-0.05, 0) is 25.2 Å². The summed E-state index contributed by atoms with van der Waals surface area (Å²) in [5, 5.41) is 3.63. The van der Waals surface area contributed by atoms with Crippen LogP contribution in [0.5, 0.6) is 5.75 Å². The summed E-state index contributed by atoms with van der Waals surface area (Å²) in [4.78, 5) is 7.48. The summed E-state index contributed by atoms with van der Waals surface area (Å²) in [5.74, 6) is 1.57. The first kappa shape index (κ1) is 12.0. The summed E-state index contributed by atoms with van der Waals surface area (Å²) in [6, 6.07) is 5.65. The monoisotopic (exact) mass is 251 g/mol. The number of halogens is 1. The van der Waals surface area contributed by atoms with E-state index >= 15 is 0 Å². The van der Waals surface area contributed by atoms with E-state index in [0.717, 1.165) is 17.1 Å². The van der Waals surface area contributed by atoms with Crippen molar-refractivity contribution < 1.29 is 4.74 Å². The van der Waals surface area contributed by atoms with Crippen LogP contribution in [0.25, 0.3) is 11.3 Å². The van der Waals surface area contributed by atoms with Crippen molar-refractivity contribution in [3.8, 4) is 17.0 Å². The Morgan fingerprint density at radius 2 is 2.29 bits per heavy atom. The predicted octanol–water partition coefficient (Wildman–Crippen LogP) is 2.46. The molecule has 2 aromatic rings. The minimum atomic E-state index is 0.592. The Labute approximate surface area is 105 Å². The molecule has 0 atom stereocenters. The van der Waals surface area contributed by atoms with Gasteiger partial charge >= 0.3 is 0 Å². The molecule has 0 unspecified atom stereocenters. The van der Waals surface area contributed by atoms with E-state index < -0.39 is 0 Å². The Kier molecular flexibility index (Phi) is 3.66. The molecule has 4 nitrogen and oxygen atoms in total. The first-order valence-electron chi connectivity index (χ1n) is 5.27. The minimum absolute atomic E-state index is 0.592. The van der Waals surface area contributed by atoms with Gasteiger partial charge in [0.05, 0.1) is 30.6 Å². The second kappa shape index (κ2) is 5.21. The highest BCUT2D eigenvalue weighted by atomic mass is 35.5. The van der Waals surface area contributed by atoms with Crippen molar-refractivity contribution in [3.05, 3.63) is 35.2 Å². The maximum atomic E-state index is 6.08. The van der Waals surface area contributed by atoms with Crippen molar-refractivity contribution in [2.24, 2.45) is 0 Å². The molecule has 1 heterocycles. The van der Waals surface area contributed by atoms with E-state index in [0.29, 0.717) is 17.3 Å². The number of hydrogen-bond donors (Lipinski definition) is 2. The van der Waals surface area contributed by atoms with Gasteiger partial charge in [-0.2, -0.15) is 0 Å². The fraction of sp³-hybridized carbons (Fsp3) is 0.250. The lowest BCUT2D eigenvalue weighted by atomic mass is 10.1. The zero-order chi connectivity index (χ0) is 12.3. The Morgan fingerprint density at radius 1 is 1.47 bits per heavy atom. The van der Waals surface area contributed by atoms with Crippen molar-refractivity contribution in [3.63, 3.8) is 0 Å². The molecule has 1 aromatic heterocycles. The van der Waals surface area contributed by atoms with Crippen LogP contribution in [0.15, 0.2) is 24.4 Å². The molecule has 5 heteroatoms. The fourth-order valence-electron chi connectivity index (χ4n) is 1.60. The lowest BCUT2D eigenvalue weighted by Gasteiger charge is -2.04. The molecule has 0 aliphatic carbocycles. The third-order valence-corrected chi connectivity index (χ3v) is 2.73. The van der Waals surface area contributed by atoms with Gasteiger partial charge in [-0.15, -0.1) is 0 Å². The zero-order valence-electron chi connectivity index (χ0n) is 9.75. The molecule has 0 spiro atoms. The smallest absolute Gasteiger partial charge is 0.137 e. The summed E-state index contributed by atoms with van der Waals surface area (Å²) >= 11 is 6.08. The molecule has 1 aromatic carbocycles. The van der Waals surface area contributed by atoms with Crippen molar-refractivity contribution >= 4 is 11.6 Å². The van der Waals surface area contributed by atoms with Crippen molar-refractivity contribution in [1.29, 1.82) is 0 Å². The fourth-order valence-corrected chi connectivity index (χ4v) is 1.86. The summed E-state index contributed by atoms with van der Waals surface area (Å²) in [7, 11) is 3.48. The highest BCUT2D eigenvalue weighted by Crippen LogP contribution is 2.29. The van der Waals surface area contributed by atoms with E-state index in [9.17, 15) is 0 Å². The van der Waals surface area contributed by atoms with Crippen LogP contribution in [-0.4, -0.2) is 24.1 Å². The molecule has 0 amide bonds. The van der Waals surface area contributed by atoms with Crippen LogP contribution in [-0.2, 0) is 6.54 Å². The number of ether oxygens (including phenoxy) is 1. The number of imidazole rings is 1. The number of rotatable bonds is 4. The van der Waals surface area contributed by atoms with Crippen LogP contribution >= 0.6 is 11.6 Å². The second-order valence-corrected chi connectivity index (χ2v) is 4.03. The number of benzene rings is 1. The number of aromatic amines is 1. The number of nitrogens with one attached hydrogen (secondary N) is 2. The van der Waals surface area contributed by atoms with E-state index in [-0.39, 0.29) is 0 Å². The number of H-pyrrole nitrogens is 1. The van der Waals surface area contributed by atoms with E-state index in [4.69, 9.17) is 16.3 Å². The summed E-state index contributed by atoms with van der Waals surface area (Å²) in [6.45, 7) is 0.712. The number of methoxy groups -OCH3 is 1. The first-order valence-corrected chi connectivity index (χ1v) is 5.64. The molecule has 0 aliphatic heterocycles. The predicted molar refractivity (Wildman–Crippen MR) is 68.3 cm³/mol. The van der Waals surface area contributed by atoms with Gasteiger partial charge in [-0.1, -0.05) is 11.6 Å². The standard InChI is InChI=1S/C12H14ClN3O/c1-14-7-12-15-6-10(16-12)8-3-4-11(17-2)9(13)5-8/h3-6,14H,7H2,1-2H3,(H,15,16). The number of aromatic nitrogens is 2. The molecule has 0 aliphatic rings. The van der Waals surface area contributed by atoms with Crippen molar-refractivity contribution in [1.82, 2.24) is 15.3 Å². The maximum Gasteiger partial charge on any atom is 0.137 e. The molecule has 17 heavy (non-hydrogen) atoms. The van der Waals surface area contributed by atoms with Gasteiger partial charge in [-0.25, -0.2) is 4.98 Å². The molecule has 0 fully saturated rings. The number of nitrogens with zero attached hydrogens (tertiary/aromatic N) is 1. The van der Waals surface area contributed by atoms with Gasteiger partial charge in [-0.3, -0.25) is 0 Å². The topological polar surface area (TPSA) is 49.9 Å². The minimum Gasteiger partial charge on any atom is -0.495 e. The molecule has 2 N–H and O–H groups in total. The van der Waals surface area contributed by atoms with Gasteiger partial charge < -0.3 is 15.0 Å². The Morgan fingerprint density at radius 3 is 2.94 bits per heavy atom. The van der Waals surface area contributed by atoms with Crippen molar-refractivity contribution in [2.75, 3.05) is 14.2 Å². The average molecular weight is 252 g/mol. The summed E-state index contributed by atoms with van der Waals surface area (Å²) in [6.07, 6.45) is 1.80. The van der Waals surface area contributed by atoms with Gasteiger partial charge in [0.1, 0.15) is 11.6 Å². The lowest BCUT2D eigenvalue weighted by Crippen LogP contribution is -2.06.